The Morgan fingerprint density at radius 3 is 2.67 bits per heavy atom. The van der Waals surface area contributed by atoms with E-state index < -0.39 is 0 Å². The highest BCUT2D eigenvalue weighted by molar-refractivity contribution is 7.99. The molecule has 7 nitrogen and oxygen atoms in total. The first-order valence-corrected chi connectivity index (χ1v) is 13.0. The topological polar surface area (TPSA) is 107 Å². The van der Waals surface area contributed by atoms with Gasteiger partial charge in [0.25, 0.3) is 0 Å². The zero-order chi connectivity index (χ0) is 21.9. The van der Waals surface area contributed by atoms with Crippen LogP contribution in [0.5, 0.6) is 0 Å². The molecule has 1 saturated carbocycles. The lowest BCUT2D eigenvalue weighted by Gasteiger charge is -2.42. The van der Waals surface area contributed by atoms with Crippen LogP contribution in [0.4, 0.5) is 11.6 Å². The van der Waals surface area contributed by atoms with Crippen molar-refractivity contribution in [1.29, 1.82) is 0 Å². The molecule has 174 valence electrons. The Morgan fingerprint density at radius 2 is 1.97 bits per heavy atom. The van der Waals surface area contributed by atoms with E-state index in [1.54, 1.807) is 11.3 Å². The number of halogens is 1. The summed E-state index contributed by atoms with van der Waals surface area (Å²) in [6.07, 6.45) is 8.97. The van der Waals surface area contributed by atoms with E-state index in [0.717, 1.165) is 61.6 Å². The Morgan fingerprint density at radius 1 is 1.18 bits per heavy atom. The summed E-state index contributed by atoms with van der Waals surface area (Å²) in [6, 6.07) is 2.00. The van der Waals surface area contributed by atoms with Crippen LogP contribution in [0.1, 0.15) is 53.9 Å². The molecule has 0 bridgehead atoms. The second-order valence-electron chi connectivity index (χ2n) is 8.97. The van der Waals surface area contributed by atoms with E-state index in [2.05, 4.69) is 24.8 Å². The molecule has 0 radical (unpaired) electrons. The molecule has 3 aromatic rings. The molecule has 4 heterocycles. The van der Waals surface area contributed by atoms with Crippen molar-refractivity contribution < 1.29 is 0 Å². The smallest absolute Gasteiger partial charge is 0.158 e. The molecule has 11 heteroatoms. The maximum absolute atomic E-state index is 6.63. The summed E-state index contributed by atoms with van der Waals surface area (Å²) < 4.78 is 0. The first-order valence-electron chi connectivity index (χ1n) is 10.9. The number of nitrogens with zero attached hydrogens (tertiary/aromatic N) is 5. The average molecular weight is 520 g/mol. The quantitative estimate of drug-likeness (QED) is 0.517. The number of rotatable bonds is 4. The number of pyridine rings is 1. The minimum Gasteiger partial charge on any atom is -0.381 e. The molecule has 3 aromatic heterocycles. The maximum Gasteiger partial charge on any atom is 0.158 e. The molecule has 3 aliphatic rings. The number of hydrogen-bond acceptors (Lipinski definition) is 9. The summed E-state index contributed by atoms with van der Waals surface area (Å²) in [7, 11) is 0. The van der Waals surface area contributed by atoms with E-state index in [-0.39, 0.29) is 25.0 Å². The van der Waals surface area contributed by atoms with Crippen molar-refractivity contribution in [1.82, 2.24) is 19.9 Å². The van der Waals surface area contributed by atoms with Gasteiger partial charge < -0.3 is 16.4 Å². The number of aromatic nitrogens is 4. The predicted molar refractivity (Wildman–Crippen MR) is 139 cm³/mol. The molecule has 1 saturated heterocycles. The monoisotopic (exact) mass is 519 g/mol. The average Bonchev–Trinajstić information content (AvgIpc) is 3.49. The lowest BCUT2D eigenvalue weighted by Crippen LogP contribution is -2.44. The van der Waals surface area contributed by atoms with Crippen molar-refractivity contribution in [2.45, 2.75) is 54.0 Å². The fourth-order valence-corrected chi connectivity index (χ4v) is 7.05. The molecule has 1 atom stereocenters. The number of hydrogen-bond donors (Lipinski definition) is 2. The Bertz CT molecular complexity index is 1170. The minimum absolute atomic E-state index is 0. The summed E-state index contributed by atoms with van der Waals surface area (Å²) in [5.41, 5.74) is 17.2. The lowest BCUT2D eigenvalue weighted by atomic mass is 9.74. The van der Waals surface area contributed by atoms with Gasteiger partial charge in [0.1, 0.15) is 10.8 Å². The number of nitrogen functional groups attached to an aromatic ring is 1. The van der Waals surface area contributed by atoms with E-state index in [0.29, 0.717) is 21.8 Å². The van der Waals surface area contributed by atoms with Gasteiger partial charge in [-0.05, 0) is 43.6 Å². The van der Waals surface area contributed by atoms with E-state index in [4.69, 9.17) is 23.1 Å². The molecular formula is C22H26ClN7S3. The Balaban J connectivity index is 0.00000228. The molecule has 0 amide bonds. The van der Waals surface area contributed by atoms with Crippen LogP contribution < -0.4 is 16.4 Å². The van der Waals surface area contributed by atoms with Crippen LogP contribution in [0.15, 0.2) is 33.9 Å². The molecular weight excluding hydrogens is 494 g/mol. The van der Waals surface area contributed by atoms with E-state index in [1.165, 1.54) is 22.3 Å². The van der Waals surface area contributed by atoms with Crippen LogP contribution in [0.3, 0.4) is 0 Å². The standard InChI is InChI=1S/C22H24ClN7S2.H2S/c23-16-14(3-6-26-17(16)12-1-2-12)32-21-20(25)29-15(10-27-21)30-7-4-22(5-8-30)9-13-18(19(22)24)31-11-28-13;/h3,6,10-12,19H,1-2,4-5,7-9,24H2,(H2,25,29);1H2/t19-;/m1./s1. The summed E-state index contributed by atoms with van der Waals surface area (Å²) in [5.74, 6) is 1.74. The fourth-order valence-electron chi connectivity index (χ4n) is 4.93. The largest absolute Gasteiger partial charge is 0.381 e. The second kappa shape index (κ2) is 8.88. The molecule has 6 rings (SSSR count). The normalized spacial score (nSPS) is 21.2. The summed E-state index contributed by atoms with van der Waals surface area (Å²) in [5, 5.41) is 1.38. The van der Waals surface area contributed by atoms with Gasteiger partial charge in [-0.1, -0.05) is 23.4 Å². The van der Waals surface area contributed by atoms with E-state index >= 15 is 0 Å². The second-order valence-corrected chi connectivity index (χ2v) is 11.3. The third-order valence-corrected chi connectivity index (χ3v) is 9.55. The number of nitrogens with two attached hydrogens (primary N) is 2. The van der Waals surface area contributed by atoms with Gasteiger partial charge in [-0.2, -0.15) is 13.5 Å². The van der Waals surface area contributed by atoms with Gasteiger partial charge in [0, 0.05) is 41.0 Å². The highest BCUT2D eigenvalue weighted by Crippen LogP contribution is 2.52. The summed E-state index contributed by atoms with van der Waals surface area (Å²) in [4.78, 5) is 22.7. The summed E-state index contributed by atoms with van der Waals surface area (Å²) in [6.45, 7) is 1.79. The highest BCUT2D eigenvalue weighted by Gasteiger charge is 2.47. The number of fused-ring (bicyclic) bond motifs is 1. The van der Waals surface area contributed by atoms with Crippen LogP contribution in [0, 0.1) is 5.41 Å². The first kappa shape index (κ1) is 23.2. The molecule has 33 heavy (non-hydrogen) atoms. The third-order valence-electron chi connectivity index (χ3n) is 7.02. The van der Waals surface area contributed by atoms with Gasteiger partial charge in [0.15, 0.2) is 5.82 Å². The zero-order valence-corrected chi connectivity index (χ0v) is 21.4. The van der Waals surface area contributed by atoms with Crippen LogP contribution in [-0.2, 0) is 6.42 Å². The van der Waals surface area contributed by atoms with Gasteiger partial charge in [-0.25, -0.2) is 15.0 Å². The SMILES string of the molecule is Nc1nc(N2CCC3(CC2)Cc2ncsc2[C@H]3N)cnc1Sc1ccnc(C2CC2)c1Cl.S. The fraction of sp³-hybridized carbons (Fsp3) is 0.455. The molecule has 2 aliphatic carbocycles. The van der Waals surface area contributed by atoms with Crippen LogP contribution in [0.2, 0.25) is 5.02 Å². The van der Waals surface area contributed by atoms with Crippen molar-refractivity contribution in [3.05, 3.63) is 45.3 Å². The maximum atomic E-state index is 6.63. The van der Waals surface area contributed by atoms with Crippen molar-refractivity contribution in [2.75, 3.05) is 23.7 Å². The van der Waals surface area contributed by atoms with Gasteiger partial charge in [0.05, 0.1) is 28.1 Å². The van der Waals surface area contributed by atoms with E-state index in [1.807, 2.05) is 24.0 Å². The summed E-state index contributed by atoms with van der Waals surface area (Å²) >= 11 is 9.75. The first-order chi connectivity index (χ1) is 15.5. The Labute approximate surface area is 213 Å². The number of piperidine rings is 1. The van der Waals surface area contributed by atoms with Crippen LogP contribution >= 0.6 is 48.2 Å². The van der Waals surface area contributed by atoms with Crippen molar-refractivity contribution in [2.24, 2.45) is 11.1 Å². The van der Waals surface area contributed by atoms with Crippen molar-refractivity contribution in [3.8, 4) is 0 Å². The van der Waals surface area contributed by atoms with Gasteiger partial charge in [-0.15, -0.1) is 11.3 Å². The minimum atomic E-state index is 0. The van der Waals surface area contributed by atoms with Gasteiger partial charge in [-0.3, -0.25) is 4.98 Å². The molecule has 1 spiro atoms. The third kappa shape index (κ3) is 4.10. The number of thiazole rings is 1. The highest BCUT2D eigenvalue weighted by atomic mass is 35.5. The molecule has 1 aliphatic heterocycles. The molecule has 0 unspecified atom stereocenters. The Hall–Kier alpha value is -1.59. The Kier molecular flexibility index (Phi) is 6.24. The zero-order valence-electron chi connectivity index (χ0n) is 18.0. The molecule has 4 N–H and O–H groups in total. The predicted octanol–water partition coefficient (Wildman–Crippen LogP) is 4.55. The van der Waals surface area contributed by atoms with Crippen molar-refractivity contribution >= 4 is 59.8 Å². The van der Waals surface area contributed by atoms with E-state index in [9.17, 15) is 0 Å². The van der Waals surface area contributed by atoms with Crippen molar-refractivity contribution in [3.63, 3.8) is 0 Å². The van der Waals surface area contributed by atoms with Crippen LogP contribution in [0.25, 0.3) is 0 Å². The number of anilines is 2. The van der Waals surface area contributed by atoms with Crippen LogP contribution in [-0.4, -0.2) is 33.0 Å². The molecule has 2 fully saturated rings. The molecule has 0 aromatic carbocycles. The van der Waals surface area contributed by atoms with Gasteiger partial charge >= 0.3 is 0 Å². The van der Waals surface area contributed by atoms with Gasteiger partial charge in [0.2, 0.25) is 0 Å². The lowest BCUT2D eigenvalue weighted by molar-refractivity contribution is 0.187.